The Labute approximate surface area is 379 Å². The average Bonchev–Trinajstić information content (AvgIpc) is 4.11. The number of fused-ring (bicyclic) bond motifs is 3. The molecule has 3 aromatic carbocycles. The molecule has 5 unspecified atom stereocenters. The van der Waals surface area contributed by atoms with Crippen molar-refractivity contribution in [2.45, 2.75) is 70.6 Å². The monoisotopic (exact) mass is 908 g/mol. The number of ether oxygens (including phenoxy) is 1. The number of urea groups is 1. The van der Waals surface area contributed by atoms with Crippen LogP contribution < -0.4 is 16.0 Å². The highest BCUT2D eigenvalue weighted by Crippen LogP contribution is 2.33. The van der Waals surface area contributed by atoms with Gasteiger partial charge in [0, 0.05) is 72.1 Å². The van der Waals surface area contributed by atoms with E-state index in [1.54, 1.807) is 70.6 Å². The zero-order valence-corrected chi connectivity index (χ0v) is 37.0. The van der Waals surface area contributed by atoms with Crippen LogP contribution in [0.15, 0.2) is 103 Å². The van der Waals surface area contributed by atoms with Gasteiger partial charge in [-0.05, 0) is 67.5 Å². The molecule has 0 aliphatic carbocycles. The van der Waals surface area contributed by atoms with Crippen LogP contribution in [0.3, 0.4) is 0 Å². The Morgan fingerprint density at radius 2 is 1.39 bits per heavy atom. The lowest BCUT2D eigenvalue weighted by Crippen LogP contribution is -2.35. The molecule has 0 spiro atoms. The second kappa shape index (κ2) is 18.6. The molecule has 16 nitrogen and oxygen atoms in total. The van der Waals surface area contributed by atoms with Gasteiger partial charge in [-0.25, -0.2) is 9.59 Å². The summed E-state index contributed by atoms with van der Waals surface area (Å²) in [7, 11) is 4.69. The molecule has 5 atom stereocenters. The zero-order valence-electron chi connectivity index (χ0n) is 35.4. The van der Waals surface area contributed by atoms with E-state index >= 15 is 0 Å². The van der Waals surface area contributed by atoms with E-state index in [2.05, 4.69) is 39.0 Å². The number of aliphatic hydroxyl groups is 2. The summed E-state index contributed by atoms with van der Waals surface area (Å²) in [4.78, 5) is 67.0. The van der Waals surface area contributed by atoms with Crippen LogP contribution in [0.2, 0.25) is 0 Å². The first-order valence-corrected chi connectivity index (χ1v) is 21.2. The Balaban J connectivity index is 0.000000161. The van der Waals surface area contributed by atoms with Gasteiger partial charge in [0.05, 0.1) is 5.52 Å². The highest BCUT2D eigenvalue weighted by molar-refractivity contribution is 7.80. The molecule has 336 valence electrons. The number of likely N-dealkylation sites (N-methyl/N-ethyl adjacent to an activating group) is 3. The second-order valence-electron chi connectivity index (χ2n) is 16.3. The fraction of sp³-hybridized carbons (Fsp3) is 0.304. The van der Waals surface area contributed by atoms with E-state index in [4.69, 9.17) is 17.0 Å². The number of nitrogens with zero attached hydrogens (tertiary/aromatic N) is 4. The van der Waals surface area contributed by atoms with Gasteiger partial charge in [0.25, 0.3) is 17.7 Å². The maximum Gasteiger partial charge on any atom is 0.419 e. The minimum Gasteiger partial charge on any atom is -0.443 e. The lowest BCUT2D eigenvalue weighted by Gasteiger charge is -2.19. The number of benzene rings is 3. The van der Waals surface area contributed by atoms with Gasteiger partial charge in [-0.2, -0.15) is 0 Å². The molecule has 3 aromatic heterocycles. The van der Waals surface area contributed by atoms with Crippen LogP contribution in [0, 0.1) is 0 Å². The Morgan fingerprint density at radius 3 is 2.00 bits per heavy atom. The van der Waals surface area contributed by atoms with Crippen molar-refractivity contribution in [1.29, 1.82) is 0 Å². The first-order chi connectivity index (χ1) is 29.9. The first-order valence-electron chi connectivity index (χ1n) is 20.0. The third-order valence-corrected chi connectivity index (χ3v) is 12.3. The van der Waals surface area contributed by atoms with Gasteiger partial charge in [0.1, 0.15) is 41.8 Å². The van der Waals surface area contributed by atoms with E-state index in [0.717, 1.165) is 21.4 Å². The van der Waals surface area contributed by atoms with E-state index in [9.17, 15) is 34.2 Å². The SMILES string of the molecule is C.C=C1NC(C(O)c2cn(C(=O)OC(C)(C)C)c3ccccc23)C(=O)N1C.CN1C(=O)C(C(O)c2c[nH]c3ccccc23)NC1=S.CN1C(=O)NC(Cc2csc3ccccc23)C1=O. The van der Waals surface area contributed by atoms with Crippen LogP contribution in [0.25, 0.3) is 31.9 Å². The molecule has 0 bridgehead atoms. The van der Waals surface area contributed by atoms with Crippen LogP contribution in [0.1, 0.15) is 57.1 Å². The van der Waals surface area contributed by atoms with Gasteiger partial charge in [0.2, 0.25) is 0 Å². The highest BCUT2D eigenvalue weighted by Gasteiger charge is 2.40. The van der Waals surface area contributed by atoms with Crippen molar-refractivity contribution in [1.82, 2.24) is 40.2 Å². The molecule has 64 heavy (non-hydrogen) atoms. The third-order valence-electron chi connectivity index (χ3n) is 10.9. The van der Waals surface area contributed by atoms with Crippen LogP contribution in [0.4, 0.5) is 9.59 Å². The van der Waals surface area contributed by atoms with Crippen LogP contribution in [-0.4, -0.2) is 114 Å². The number of rotatable bonds is 6. The van der Waals surface area contributed by atoms with Crippen LogP contribution in [-0.2, 0) is 25.5 Å². The number of para-hydroxylation sites is 2. The van der Waals surface area contributed by atoms with E-state index in [1.165, 1.54) is 37.7 Å². The number of aromatic nitrogens is 2. The number of hydrogen-bond acceptors (Lipinski definition) is 11. The lowest BCUT2D eigenvalue weighted by atomic mass is 10.0. The summed E-state index contributed by atoms with van der Waals surface area (Å²) in [6.07, 6.45) is 1.19. The molecule has 6 N–H and O–H groups in total. The van der Waals surface area contributed by atoms with Crippen LogP contribution >= 0.6 is 23.6 Å². The molecule has 6 heterocycles. The number of thiocarbonyl (C=S) groups is 1. The Morgan fingerprint density at radius 1 is 0.797 bits per heavy atom. The van der Waals surface area contributed by atoms with E-state index in [-0.39, 0.29) is 31.2 Å². The van der Waals surface area contributed by atoms with Crippen molar-refractivity contribution in [3.05, 3.63) is 120 Å². The topological polar surface area (TPSA) is 202 Å². The number of hydrogen-bond donors (Lipinski definition) is 6. The minimum atomic E-state index is -1.14. The summed E-state index contributed by atoms with van der Waals surface area (Å²) in [5.41, 5.74) is 3.17. The maximum atomic E-state index is 12.6. The van der Waals surface area contributed by atoms with Gasteiger partial charge in [-0.1, -0.05) is 68.6 Å². The van der Waals surface area contributed by atoms with E-state index < -0.39 is 42.0 Å². The molecule has 0 saturated carbocycles. The average molecular weight is 909 g/mol. The van der Waals surface area contributed by atoms with Gasteiger partial charge < -0.3 is 40.8 Å². The maximum absolute atomic E-state index is 12.6. The summed E-state index contributed by atoms with van der Waals surface area (Å²) in [5, 5.41) is 34.9. The molecule has 9 rings (SSSR count). The molecule has 18 heteroatoms. The van der Waals surface area contributed by atoms with Crippen LogP contribution in [0.5, 0.6) is 0 Å². The summed E-state index contributed by atoms with van der Waals surface area (Å²) >= 11 is 6.68. The normalized spacial score (nSPS) is 19.4. The molecular weight excluding hydrogens is 857 g/mol. The van der Waals surface area contributed by atoms with Gasteiger partial charge in [0.15, 0.2) is 5.11 Å². The molecule has 3 aliphatic heterocycles. The number of H-pyrrole nitrogens is 1. The Kier molecular flexibility index (Phi) is 13.6. The number of carbonyl (C=O) groups is 5. The fourth-order valence-electron chi connectivity index (χ4n) is 7.50. The quantitative estimate of drug-likeness (QED) is 0.0858. The molecular formula is C46H52N8O8S2. The van der Waals surface area contributed by atoms with Gasteiger partial charge in [-0.15, -0.1) is 11.3 Å². The minimum absolute atomic E-state index is 0. The van der Waals surface area contributed by atoms with Crippen molar-refractivity contribution in [2.75, 3.05) is 21.1 Å². The third kappa shape index (κ3) is 9.21. The fourth-order valence-corrected chi connectivity index (χ4v) is 8.69. The summed E-state index contributed by atoms with van der Waals surface area (Å²) in [6, 6.07) is 20.6. The molecule has 3 saturated heterocycles. The number of carbonyl (C=O) groups excluding carboxylic acids is 5. The van der Waals surface area contributed by atoms with E-state index in [0.29, 0.717) is 39.4 Å². The molecule has 5 amide bonds. The summed E-state index contributed by atoms with van der Waals surface area (Å²) in [6.45, 7) is 9.11. The van der Waals surface area contributed by atoms with Crippen molar-refractivity contribution in [3.8, 4) is 0 Å². The zero-order chi connectivity index (χ0) is 45.5. The number of amides is 5. The standard InChI is InChI=1S/C19H23N3O4.C13H13N3O2S.C13H12N2O2S.CH4/c1-11-20-15(17(24)21(11)5)16(23)13-10-22(18(25)26-19(2,3)4)14-9-7-6-8-12(13)14;1-16-12(18)10(15-13(16)19)11(17)8-6-14-9-5-3-2-4-7(8)9;1-15-12(16)10(14-13(15)17)6-8-7-18-11-5-3-2-4-9(8)11;/h6-10,15-16,20,23H,1H2,2-5H3;2-6,10-11,14,17H,1H3,(H,15,19);2-5,7,10H,6H2,1H3,(H,14,17);1H4. The van der Waals surface area contributed by atoms with Gasteiger partial charge >= 0.3 is 12.1 Å². The highest BCUT2D eigenvalue weighted by atomic mass is 32.1. The first kappa shape index (κ1) is 46.9. The number of aromatic amines is 1. The number of nitrogens with one attached hydrogen (secondary N) is 4. The summed E-state index contributed by atoms with van der Waals surface area (Å²) < 4.78 is 8.01. The number of aliphatic hydroxyl groups excluding tert-OH is 2. The molecule has 3 fully saturated rings. The smallest absolute Gasteiger partial charge is 0.419 e. The lowest BCUT2D eigenvalue weighted by molar-refractivity contribution is -0.129. The van der Waals surface area contributed by atoms with Crippen molar-refractivity contribution in [2.24, 2.45) is 0 Å². The van der Waals surface area contributed by atoms with Crippen molar-refractivity contribution < 1.29 is 38.9 Å². The van der Waals surface area contributed by atoms with E-state index in [1.807, 2.05) is 48.5 Å². The molecule has 3 aliphatic rings. The predicted octanol–water partition coefficient (Wildman–Crippen LogP) is 5.91. The number of imide groups is 1. The van der Waals surface area contributed by atoms with Gasteiger partial charge in [-0.3, -0.25) is 28.8 Å². The largest absolute Gasteiger partial charge is 0.443 e. The second-order valence-corrected chi connectivity index (χ2v) is 17.6. The molecule has 0 radical (unpaired) electrons. The van der Waals surface area contributed by atoms with Crippen molar-refractivity contribution in [3.63, 3.8) is 0 Å². The number of thiophene rings is 1. The Bertz CT molecular complexity index is 2790. The molecule has 6 aromatic rings. The van der Waals surface area contributed by atoms with Crippen molar-refractivity contribution >= 4 is 90.4 Å². The predicted molar refractivity (Wildman–Crippen MR) is 250 cm³/mol. The Hall–Kier alpha value is -6.60. The summed E-state index contributed by atoms with van der Waals surface area (Å²) in [5.74, 6) is -0.232.